The van der Waals surface area contributed by atoms with Gasteiger partial charge in [0.2, 0.25) is 0 Å². The van der Waals surface area contributed by atoms with Gasteiger partial charge in [0.25, 0.3) is 0 Å². The predicted octanol–water partition coefficient (Wildman–Crippen LogP) is 5.27. The van der Waals surface area contributed by atoms with Gasteiger partial charge in [-0.15, -0.1) is 5.56 Å². The SMILES string of the molecule is Cc1c(F)cc(-c2cc[c-]cc2)cc1F.[W]=[CH]C1CCCC1. The molecule has 0 atom stereocenters. The zero-order valence-electron chi connectivity index (χ0n) is 12.6. The molecule has 3 heteroatoms. The Kier molecular flexibility index (Phi) is 6.64. The summed E-state index contributed by atoms with van der Waals surface area (Å²) in [5, 5.41) is 0. The predicted molar refractivity (Wildman–Crippen MR) is 83.4 cm³/mol. The van der Waals surface area contributed by atoms with Crippen molar-refractivity contribution < 1.29 is 28.1 Å². The summed E-state index contributed by atoms with van der Waals surface area (Å²) >= 11 is 1.65. The fourth-order valence-corrected chi connectivity index (χ4v) is 3.46. The maximum atomic E-state index is 13.3. The maximum absolute atomic E-state index is 13.3. The van der Waals surface area contributed by atoms with Gasteiger partial charge in [0.15, 0.2) is 0 Å². The Morgan fingerprint density at radius 3 is 2.05 bits per heavy atom. The van der Waals surface area contributed by atoms with E-state index in [4.69, 9.17) is 0 Å². The van der Waals surface area contributed by atoms with Crippen molar-refractivity contribution in [3.8, 4) is 11.1 Å². The molecule has 0 N–H and O–H groups in total. The average Bonchev–Trinajstić information content (AvgIpc) is 3.07. The molecular weight excluding hydrogens is 450 g/mol. The summed E-state index contributed by atoms with van der Waals surface area (Å²) < 4.78 is 29.0. The molecule has 0 amide bonds. The summed E-state index contributed by atoms with van der Waals surface area (Å²) in [4.78, 5) is 0. The normalized spacial score (nSPS) is 14.3. The van der Waals surface area contributed by atoms with Crippen LogP contribution in [0.1, 0.15) is 31.2 Å². The Morgan fingerprint density at radius 2 is 1.59 bits per heavy atom. The third-order valence-electron chi connectivity index (χ3n) is 3.92. The Balaban J connectivity index is 0.000000211. The summed E-state index contributed by atoms with van der Waals surface area (Å²) in [6.07, 6.45) is 5.91. The first-order valence-corrected chi connectivity index (χ1v) is 9.18. The third-order valence-corrected chi connectivity index (χ3v) is 5.31. The fraction of sp³-hybridized carbons (Fsp3) is 0.316. The molecule has 0 saturated heterocycles. The molecule has 0 bridgehead atoms. The van der Waals surface area contributed by atoms with Gasteiger partial charge < -0.3 is 0 Å². The molecule has 116 valence electrons. The van der Waals surface area contributed by atoms with Crippen LogP contribution in [0.25, 0.3) is 11.1 Å². The number of hydrogen-bond donors (Lipinski definition) is 0. The first-order chi connectivity index (χ1) is 10.6. The van der Waals surface area contributed by atoms with Crippen molar-refractivity contribution in [2.75, 3.05) is 0 Å². The van der Waals surface area contributed by atoms with Crippen molar-refractivity contribution in [3.05, 3.63) is 59.7 Å². The van der Waals surface area contributed by atoms with Crippen molar-refractivity contribution in [1.82, 2.24) is 0 Å². The van der Waals surface area contributed by atoms with E-state index in [1.165, 1.54) is 44.7 Å². The second-order valence-corrected chi connectivity index (χ2v) is 6.51. The minimum absolute atomic E-state index is 0.0567. The molecule has 0 spiro atoms. The van der Waals surface area contributed by atoms with Crippen molar-refractivity contribution in [1.29, 1.82) is 0 Å². The van der Waals surface area contributed by atoms with E-state index in [2.05, 4.69) is 10.5 Å². The van der Waals surface area contributed by atoms with Crippen LogP contribution in [0, 0.1) is 30.5 Å². The van der Waals surface area contributed by atoms with Gasteiger partial charge in [-0.2, -0.15) is 30.3 Å². The van der Waals surface area contributed by atoms with Crippen LogP contribution in [0.2, 0.25) is 0 Å². The van der Waals surface area contributed by atoms with Crippen LogP contribution in [0.5, 0.6) is 0 Å². The molecule has 1 saturated carbocycles. The summed E-state index contributed by atoms with van der Waals surface area (Å²) in [5.74, 6) is -0.0225. The first-order valence-electron chi connectivity index (χ1n) is 7.49. The van der Waals surface area contributed by atoms with Crippen LogP contribution in [0.4, 0.5) is 8.78 Å². The fourth-order valence-electron chi connectivity index (χ4n) is 2.48. The Hall–Kier alpha value is -1.14. The minimum atomic E-state index is -0.516. The van der Waals surface area contributed by atoms with E-state index in [0.717, 1.165) is 11.5 Å². The summed E-state index contributed by atoms with van der Waals surface area (Å²) in [7, 11) is 0. The van der Waals surface area contributed by atoms with Crippen molar-refractivity contribution in [3.63, 3.8) is 0 Å². The molecule has 1 fully saturated rings. The summed E-state index contributed by atoms with van der Waals surface area (Å²) in [5.41, 5.74) is 1.39. The summed E-state index contributed by atoms with van der Waals surface area (Å²) in [6.45, 7) is 1.42. The molecule has 0 unspecified atom stereocenters. The van der Waals surface area contributed by atoms with Gasteiger partial charge in [-0.05, 0) is 24.6 Å². The monoisotopic (exact) mass is 469 g/mol. The van der Waals surface area contributed by atoms with E-state index in [1.807, 2.05) is 0 Å². The first kappa shape index (κ1) is 17.2. The number of hydrogen-bond acceptors (Lipinski definition) is 0. The molecule has 2 aromatic rings. The molecule has 3 rings (SSSR count). The molecular formula is C19H19F2W-. The average molecular weight is 469 g/mol. The summed E-state index contributed by atoms with van der Waals surface area (Å²) in [6, 6.07) is 12.5. The molecule has 1 aliphatic carbocycles. The van der Waals surface area contributed by atoms with E-state index >= 15 is 0 Å². The standard InChI is InChI=1S/C13H9F2.C6H10.W/c1-9-12(14)7-11(8-13(9)15)10-5-3-2-4-6-10;1-6-4-2-3-5-6;/h3-8H,1H3;1,6H,2-5H2;/q-1;;. The van der Waals surface area contributed by atoms with Crippen LogP contribution in [0.15, 0.2) is 36.4 Å². The molecule has 22 heavy (non-hydrogen) atoms. The van der Waals surface area contributed by atoms with Crippen LogP contribution in [0.3, 0.4) is 0 Å². The molecule has 0 radical (unpaired) electrons. The quantitative estimate of drug-likeness (QED) is 0.527. The molecule has 2 aromatic carbocycles. The van der Waals surface area contributed by atoms with Gasteiger partial charge in [0.1, 0.15) is 11.6 Å². The topological polar surface area (TPSA) is 0 Å². The van der Waals surface area contributed by atoms with Crippen molar-refractivity contribution in [2.45, 2.75) is 32.6 Å². The van der Waals surface area contributed by atoms with E-state index in [0.29, 0.717) is 5.56 Å². The van der Waals surface area contributed by atoms with Crippen LogP contribution < -0.4 is 0 Å². The van der Waals surface area contributed by atoms with Crippen molar-refractivity contribution in [2.24, 2.45) is 5.92 Å². The molecule has 1 aliphatic rings. The van der Waals surface area contributed by atoms with Gasteiger partial charge >= 0.3 is 55.4 Å². The van der Waals surface area contributed by atoms with Gasteiger partial charge in [-0.25, -0.2) is 8.78 Å². The third kappa shape index (κ3) is 4.68. The van der Waals surface area contributed by atoms with Gasteiger partial charge in [0.05, 0.1) is 0 Å². The van der Waals surface area contributed by atoms with Gasteiger partial charge in [-0.1, -0.05) is 0 Å². The zero-order valence-corrected chi connectivity index (χ0v) is 15.5. The zero-order chi connectivity index (χ0) is 15.9. The van der Waals surface area contributed by atoms with E-state index in [9.17, 15) is 8.78 Å². The second-order valence-electron chi connectivity index (χ2n) is 5.53. The van der Waals surface area contributed by atoms with E-state index < -0.39 is 11.6 Å². The van der Waals surface area contributed by atoms with Crippen molar-refractivity contribution >= 4 is 4.40 Å². The van der Waals surface area contributed by atoms with Gasteiger partial charge in [0, 0.05) is 5.56 Å². The number of rotatable bonds is 2. The Bertz CT molecular complexity index is 594. The molecule has 0 nitrogen and oxygen atoms in total. The van der Waals surface area contributed by atoms with Crippen LogP contribution in [-0.2, 0) is 19.4 Å². The Labute approximate surface area is 142 Å². The molecule has 0 aliphatic heterocycles. The van der Waals surface area contributed by atoms with E-state index in [1.54, 1.807) is 43.6 Å². The number of halogens is 2. The van der Waals surface area contributed by atoms with E-state index in [-0.39, 0.29) is 5.56 Å². The number of benzene rings is 2. The van der Waals surface area contributed by atoms with Crippen LogP contribution >= 0.6 is 0 Å². The Morgan fingerprint density at radius 1 is 1.05 bits per heavy atom. The second kappa shape index (κ2) is 8.48. The molecule has 0 aromatic heterocycles. The molecule has 0 heterocycles. The van der Waals surface area contributed by atoms with Gasteiger partial charge in [-0.3, -0.25) is 0 Å². The van der Waals surface area contributed by atoms with Crippen LogP contribution in [-0.4, -0.2) is 4.40 Å².